The van der Waals surface area contributed by atoms with Crippen molar-refractivity contribution in [3.05, 3.63) is 24.2 Å². The molecule has 2 atom stereocenters. The molecule has 2 heterocycles. The molecular formula is C15H20N2O6. The monoisotopic (exact) mass is 324 g/mol. The first-order valence-corrected chi connectivity index (χ1v) is 7.20. The molecule has 1 aromatic heterocycles. The van der Waals surface area contributed by atoms with Crippen molar-refractivity contribution in [3.63, 3.8) is 0 Å². The quantitative estimate of drug-likeness (QED) is 0.743. The average Bonchev–Trinajstić information content (AvgIpc) is 3.10. The maximum Gasteiger partial charge on any atom is 0.331 e. The Morgan fingerprint density at radius 1 is 1.57 bits per heavy atom. The van der Waals surface area contributed by atoms with Crippen molar-refractivity contribution >= 4 is 17.8 Å². The molecule has 0 saturated carbocycles. The Hall–Kier alpha value is -2.35. The van der Waals surface area contributed by atoms with Crippen LogP contribution in [0.15, 0.2) is 22.8 Å². The highest BCUT2D eigenvalue weighted by molar-refractivity contribution is 5.92. The Morgan fingerprint density at radius 2 is 2.30 bits per heavy atom. The van der Waals surface area contributed by atoms with Crippen LogP contribution in [0.4, 0.5) is 0 Å². The highest BCUT2D eigenvalue weighted by Crippen LogP contribution is 2.21. The summed E-state index contributed by atoms with van der Waals surface area (Å²) in [5, 5.41) is 11.7. The van der Waals surface area contributed by atoms with Gasteiger partial charge in [-0.3, -0.25) is 9.59 Å². The summed E-state index contributed by atoms with van der Waals surface area (Å²) in [5.74, 6) is -1.78. The van der Waals surface area contributed by atoms with Gasteiger partial charge in [0, 0.05) is 20.1 Å². The Balaban J connectivity index is 1.98. The van der Waals surface area contributed by atoms with Crippen molar-refractivity contribution in [3.8, 4) is 0 Å². The average molecular weight is 324 g/mol. The van der Waals surface area contributed by atoms with Crippen molar-refractivity contribution in [2.45, 2.75) is 25.4 Å². The van der Waals surface area contributed by atoms with E-state index in [9.17, 15) is 19.5 Å². The number of hydrogen-bond acceptors (Lipinski definition) is 5. The number of rotatable bonds is 7. The van der Waals surface area contributed by atoms with E-state index in [0.717, 1.165) is 0 Å². The zero-order chi connectivity index (χ0) is 17.0. The van der Waals surface area contributed by atoms with Crippen molar-refractivity contribution in [2.75, 3.05) is 20.3 Å². The van der Waals surface area contributed by atoms with E-state index in [1.807, 2.05) is 0 Å². The van der Waals surface area contributed by atoms with Crippen LogP contribution in [0.5, 0.6) is 0 Å². The number of ether oxygens (including phenoxy) is 1. The van der Waals surface area contributed by atoms with E-state index in [4.69, 9.17) is 9.15 Å². The Kier molecular flexibility index (Phi) is 5.05. The van der Waals surface area contributed by atoms with Gasteiger partial charge in [0.05, 0.1) is 25.3 Å². The van der Waals surface area contributed by atoms with Crippen LogP contribution < -0.4 is 5.32 Å². The molecule has 23 heavy (non-hydrogen) atoms. The second kappa shape index (κ2) is 6.82. The number of aliphatic carboxylic acids is 1. The number of likely N-dealkylation sites (tertiary alicyclic amines) is 1. The van der Waals surface area contributed by atoms with Crippen LogP contribution in [0.1, 0.15) is 19.1 Å². The molecule has 1 aliphatic heterocycles. The molecule has 1 saturated heterocycles. The fourth-order valence-corrected chi connectivity index (χ4v) is 2.51. The maximum absolute atomic E-state index is 12.3. The van der Waals surface area contributed by atoms with Gasteiger partial charge in [-0.15, -0.1) is 0 Å². The molecule has 0 radical (unpaired) electrons. The number of carboxylic acid groups (broad SMARTS) is 1. The molecular weight excluding hydrogens is 304 g/mol. The zero-order valence-electron chi connectivity index (χ0n) is 13.1. The van der Waals surface area contributed by atoms with Gasteiger partial charge in [-0.05, 0) is 19.1 Å². The third kappa shape index (κ3) is 3.89. The van der Waals surface area contributed by atoms with Gasteiger partial charge in [0.2, 0.25) is 11.8 Å². The lowest BCUT2D eigenvalue weighted by Crippen LogP contribution is -2.56. The lowest BCUT2D eigenvalue weighted by atomic mass is 10.0. The predicted molar refractivity (Wildman–Crippen MR) is 78.3 cm³/mol. The fraction of sp³-hybridized carbons (Fsp3) is 0.533. The highest BCUT2D eigenvalue weighted by atomic mass is 16.5. The summed E-state index contributed by atoms with van der Waals surface area (Å²) >= 11 is 0. The topological polar surface area (TPSA) is 109 Å². The van der Waals surface area contributed by atoms with Gasteiger partial charge in [-0.25, -0.2) is 4.79 Å². The minimum atomic E-state index is -1.52. The first-order chi connectivity index (χ1) is 10.9. The van der Waals surface area contributed by atoms with Crippen molar-refractivity contribution in [2.24, 2.45) is 5.92 Å². The van der Waals surface area contributed by atoms with E-state index >= 15 is 0 Å². The number of carboxylic acids is 1. The first-order valence-electron chi connectivity index (χ1n) is 7.20. The maximum atomic E-state index is 12.3. The smallest absolute Gasteiger partial charge is 0.331 e. The number of methoxy groups -OCH3 is 1. The summed E-state index contributed by atoms with van der Waals surface area (Å²) in [6, 6.07) is 3.48. The Labute approximate surface area is 133 Å². The standard InChI is InChI=1S/C15H20N2O6/c1-15(9-22-2,14(20)21)16-13(19)10-6-12(18)17(7-10)8-11-4-3-5-23-11/h3-5,10H,6-9H2,1-2H3,(H,16,19)(H,20,21). The second-order valence-electron chi connectivity index (χ2n) is 5.81. The van der Waals surface area contributed by atoms with E-state index in [1.165, 1.54) is 25.2 Å². The van der Waals surface area contributed by atoms with E-state index in [2.05, 4.69) is 5.32 Å². The fourth-order valence-electron chi connectivity index (χ4n) is 2.51. The van der Waals surface area contributed by atoms with Crippen molar-refractivity contribution in [1.82, 2.24) is 10.2 Å². The van der Waals surface area contributed by atoms with Gasteiger partial charge in [-0.1, -0.05) is 0 Å². The molecule has 2 N–H and O–H groups in total. The van der Waals surface area contributed by atoms with Crippen LogP contribution in [0.25, 0.3) is 0 Å². The van der Waals surface area contributed by atoms with Crippen LogP contribution in [-0.2, 0) is 25.7 Å². The van der Waals surface area contributed by atoms with Crippen LogP contribution in [0.2, 0.25) is 0 Å². The van der Waals surface area contributed by atoms with E-state index in [1.54, 1.807) is 12.1 Å². The SMILES string of the molecule is COCC(C)(NC(=O)C1CC(=O)N(Cc2ccco2)C1)C(=O)O. The largest absolute Gasteiger partial charge is 0.479 e. The van der Waals surface area contributed by atoms with E-state index in [0.29, 0.717) is 12.3 Å². The van der Waals surface area contributed by atoms with Crippen LogP contribution in [0.3, 0.4) is 0 Å². The first kappa shape index (κ1) is 17.0. The molecule has 0 aromatic carbocycles. The summed E-state index contributed by atoms with van der Waals surface area (Å²) < 4.78 is 10.1. The number of furan rings is 1. The summed E-state index contributed by atoms with van der Waals surface area (Å²) in [6.07, 6.45) is 1.57. The minimum absolute atomic E-state index is 0.0508. The van der Waals surface area contributed by atoms with Gasteiger partial charge in [-0.2, -0.15) is 0 Å². The van der Waals surface area contributed by atoms with Gasteiger partial charge < -0.3 is 24.5 Å². The Bertz CT molecular complexity index is 585. The lowest BCUT2D eigenvalue weighted by molar-refractivity contribution is -0.149. The van der Waals surface area contributed by atoms with Crippen LogP contribution in [-0.4, -0.2) is 53.6 Å². The van der Waals surface area contributed by atoms with E-state index < -0.39 is 23.3 Å². The minimum Gasteiger partial charge on any atom is -0.479 e. The summed E-state index contributed by atoms with van der Waals surface area (Å²) in [5.41, 5.74) is -1.52. The number of nitrogens with zero attached hydrogens (tertiary/aromatic N) is 1. The lowest BCUT2D eigenvalue weighted by Gasteiger charge is -2.26. The number of hydrogen-bond donors (Lipinski definition) is 2. The normalized spacial score (nSPS) is 20.3. The molecule has 8 nitrogen and oxygen atoms in total. The Morgan fingerprint density at radius 3 is 2.87 bits per heavy atom. The zero-order valence-corrected chi connectivity index (χ0v) is 13.1. The molecule has 126 valence electrons. The molecule has 0 aliphatic carbocycles. The predicted octanol–water partition coefficient (Wildman–Crippen LogP) is 0.234. The van der Waals surface area contributed by atoms with Gasteiger partial charge >= 0.3 is 5.97 Å². The van der Waals surface area contributed by atoms with Crippen molar-refractivity contribution < 1.29 is 28.6 Å². The summed E-state index contributed by atoms with van der Waals surface area (Å²) in [7, 11) is 1.36. The molecule has 1 aromatic rings. The van der Waals surface area contributed by atoms with Crippen molar-refractivity contribution in [1.29, 1.82) is 0 Å². The van der Waals surface area contributed by atoms with Gasteiger partial charge in [0.15, 0.2) is 5.54 Å². The van der Waals surface area contributed by atoms with E-state index in [-0.39, 0.29) is 25.5 Å². The molecule has 1 fully saturated rings. The van der Waals surface area contributed by atoms with Crippen LogP contribution in [0, 0.1) is 5.92 Å². The number of amides is 2. The molecule has 2 unspecified atom stereocenters. The molecule has 2 amide bonds. The molecule has 0 spiro atoms. The second-order valence-corrected chi connectivity index (χ2v) is 5.81. The summed E-state index contributed by atoms with van der Waals surface area (Å²) in [4.78, 5) is 37.1. The third-order valence-electron chi connectivity index (χ3n) is 3.82. The molecule has 1 aliphatic rings. The summed E-state index contributed by atoms with van der Waals surface area (Å²) in [6.45, 7) is 1.73. The third-order valence-corrected chi connectivity index (χ3v) is 3.82. The molecule has 2 rings (SSSR count). The van der Waals surface area contributed by atoms with Gasteiger partial charge in [0.25, 0.3) is 0 Å². The van der Waals surface area contributed by atoms with Crippen LogP contribution >= 0.6 is 0 Å². The van der Waals surface area contributed by atoms with Gasteiger partial charge in [0.1, 0.15) is 5.76 Å². The number of carbonyl (C=O) groups excluding carboxylic acids is 2. The highest BCUT2D eigenvalue weighted by Gasteiger charge is 2.40. The number of nitrogens with one attached hydrogen (secondary N) is 1. The molecule has 0 bridgehead atoms. The number of carbonyl (C=O) groups is 3. The molecule has 8 heteroatoms.